The molecule has 2 aromatic carbocycles. The van der Waals surface area contributed by atoms with Crippen molar-refractivity contribution in [1.29, 1.82) is 0 Å². The molecule has 0 N–H and O–H groups in total. The van der Waals surface area contributed by atoms with Gasteiger partial charge >= 0.3 is 0 Å². The van der Waals surface area contributed by atoms with Gasteiger partial charge in [-0.3, -0.25) is 4.99 Å². The fourth-order valence-corrected chi connectivity index (χ4v) is 3.69. The van der Waals surface area contributed by atoms with Gasteiger partial charge in [0.25, 0.3) is 0 Å². The van der Waals surface area contributed by atoms with Gasteiger partial charge < -0.3 is 4.90 Å². The van der Waals surface area contributed by atoms with Gasteiger partial charge in [0.05, 0.1) is 23.0 Å². The molecule has 6 heteroatoms. The molecule has 0 saturated heterocycles. The SMILES string of the molecule is CN(C)CCSC1=Nc2ccc(Cl)cc2C(c2ccccc2F)=NC1. The number of benzene rings is 2. The van der Waals surface area contributed by atoms with Crippen LogP contribution in [0.4, 0.5) is 10.1 Å². The molecule has 0 fully saturated rings. The molecule has 25 heavy (non-hydrogen) atoms. The van der Waals surface area contributed by atoms with Crippen LogP contribution in [-0.2, 0) is 0 Å². The van der Waals surface area contributed by atoms with Gasteiger partial charge in [-0.15, -0.1) is 11.8 Å². The molecule has 0 unspecified atom stereocenters. The Bertz CT molecular complexity index is 833. The highest BCUT2D eigenvalue weighted by molar-refractivity contribution is 8.14. The van der Waals surface area contributed by atoms with E-state index in [1.165, 1.54) is 6.07 Å². The summed E-state index contributed by atoms with van der Waals surface area (Å²) in [4.78, 5) is 11.5. The molecular formula is C19H19ClFN3S. The van der Waals surface area contributed by atoms with Crippen LogP contribution in [0.2, 0.25) is 5.02 Å². The van der Waals surface area contributed by atoms with Crippen LogP contribution in [0.3, 0.4) is 0 Å². The Labute approximate surface area is 156 Å². The Kier molecular flexibility index (Phi) is 5.89. The van der Waals surface area contributed by atoms with E-state index in [1.807, 2.05) is 26.2 Å². The second-order valence-corrected chi connectivity index (χ2v) is 7.57. The maximum Gasteiger partial charge on any atom is 0.132 e. The summed E-state index contributed by atoms with van der Waals surface area (Å²) >= 11 is 7.85. The van der Waals surface area contributed by atoms with E-state index in [-0.39, 0.29) is 5.82 Å². The van der Waals surface area contributed by atoms with E-state index in [2.05, 4.69) is 9.89 Å². The highest BCUT2D eigenvalue weighted by atomic mass is 35.5. The van der Waals surface area contributed by atoms with Gasteiger partial charge in [-0.05, 0) is 44.4 Å². The van der Waals surface area contributed by atoms with Gasteiger partial charge in [-0.1, -0.05) is 23.7 Å². The van der Waals surface area contributed by atoms with Gasteiger partial charge in [0.2, 0.25) is 0 Å². The van der Waals surface area contributed by atoms with Gasteiger partial charge in [-0.25, -0.2) is 9.38 Å². The molecule has 0 saturated carbocycles. The average Bonchev–Trinajstić information content (AvgIpc) is 2.74. The third-order valence-electron chi connectivity index (χ3n) is 3.77. The molecule has 1 aliphatic rings. The lowest BCUT2D eigenvalue weighted by Crippen LogP contribution is -2.16. The van der Waals surface area contributed by atoms with E-state index >= 15 is 0 Å². The van der Waals surface area contributed by atoms with Crippen molar-refractivity contribution in [2.75, 3.05) is 32.9 Å². The molecule has 3 nitrogen and oxygen atoms in total. The summed E-state index contributed by atoms with van der Waals surface area (Å²) in [5.74, 6) is 0.634. The number of thioether (sulfide) groups is 1. The van der Waals surface area contributed by atoms with Gasteiger partial charge in [0, 0.05) is 28.4 Å². The third kappa shape index (κ3) is 4.48. The van der Waals surface area contributed by atoms with Crippen LogP contribution in [0.25, 0.3) is 0 Å². The smallest absolute Gasteiger partial charge is 0.132 e. The van der Waals surface area contributed by atoms with Crippen molar-refractivity contribution < 1.29 is 4.39 Å². The summed E-state index contributed by atoms with van der Waals surface area (Å²) in [6.45, 7) is 1.40. The van der Waals surface area contributed by atoms with E-state index in [0.717, 1.165) is 28.6 Å². The van der Waals surface area contributed by atoms with Crippen LogP contribution in [0.1, 0.15) is 11.1 Å². The molecule has 0 radical (unpaired) electrons. The van der Waals surface area contributed by atoms with Crippen LogP contribution in [0.5, 0.6) is 0 Å². The zero-order valence-corrected chi connectivity index (χ0v) is 15.7. The molecule has 1 heterocycles. The lowest BCUT2D eigenvalue weighted by molar-refractivity contribution is 0.437. The molecular weight excluding hydrogens is 357 g/mol. The predicted octanol–water partition coefficient (Wildman–Crippen LogP) is 4.65. The molecule has 0 bridgehead atoms. The first-order chi connectivity index (χ1) is 12.0. The number of nitrogens with zero attached hydrogens (tertiary/aromatic N) is 3. The minimum atomic E-state index is -0.295. The highest BCUT2D eigenvalue weighted by Crippen LogP contribution is 2.30. The lowest BCUT2D eigenvalue weighted by atomic mass is 10.0. The zero-order valence-electron chi connectivity index (χ0n) is 14.2. The number of hydrogen-bond acceptors (Lipinski definition) is 4. The Hall–Kier alpha value is -1.69. The third-order valence-corrected chi connectivity index (χ3v) is 4.94. The van der Waals surface area contributed by atoms with Crippen LogP contribution >= 0.6 is 23.4 Å². The molecule has 0 atom stereocenters. The number of rotatable bonds is 4. The summed E-state index contributed by atoms with van der Waals surface area (Å²) in [6.07, 6.45) is 0. The van der Waals surface area contributed by atoms with E-state index in [4.69, 9.17) is 16.6 Å². The molecule has 1 aliphatic heterocycles. The summed E-state index contributed by atoms with van der Waals surface area (Å²) in [6, 6.07) is 12.1. The second kappa shape index (κ2) is 8.13. The fraction of sp³-hybridized carbons (Fsp3) is 0.263. The van der Waals surface area contributed by atoms with E-state index in [0.29, 0.717) is 22.8 Å². The molecule has 0 aliphatic carbocycles. The van der Waals surface area contributed by atoms with E-state index in [1.54, 1.807) is 36.0 Å². The average molecular weight is 376 g/mol. The van der Waals surface area contributed by atoms with Gasteiger partial charge in [0.1, 0.15) is 5.82 Å². The van der Waals surface area contributed by atoms with Crippen LogP contribution in [-0.4, -0.2) is 48.6 Å². The first kappa shape index (κ1) is 18.1. The fourth-order valence-electron chi connectivity index (χ4n) is 2.50. The number of hydrogen-bond donors (Lipinski definition) is 0. The molecule has 3 rings (SSSR count). The Morgan fingerprint density at radius 2 is 1.96 bits per heavy atom. The van der Waals surface area contributed by atoms with Crippen LogP contribution < -0.4 is 0 Å². The van der Waals surface area contributed by atoms with Crippen molar-refractivity contribution >= 4 is 39.8 Å². The molecule has 130 valence electrons. The minimum Gasteiger partial charge on any atom is -0.309 e. The normalized spacial score (nSPS) is 14.0. The highest BCUT2D eigenvalue weighted by Gasteiger charge is 2.19. The monoisotopic (exact) mass is 375 g/mol. The first-order valence-corrected chi connectivity index (χ1v) is 9.35. The van der Waals surface area contributed by atoms with Gasteiger partial charge in [0.15, 0.2) is 0 Å². The van der Waals surface area contributed by atoms with Crippen LogP contribution in [0.15, 0.2) is 52.4 Å². The Morgan fingerprint density at radius 1 is 1.16 bits per heavy atom. The van der Waals surface area contributed by atoms with Crippen molar-refractivity contribution in [3.05, 3.63) is 64.4 Å². The van der Waals surface area contributed by atoms with Crippen molar-refractivity contribution in [2.45, 2.75) is 0 Å². The van der Waals surface area contributed by atoms with Crippen molar-refractivity contribution in [3.8, 4) is 0 Å². The van der Waals surface area contributed by atoms with Crippen molar-refractivity contribution in [1.82, 2.24) is 4.90 Å². The predicted molar refractivity (Wildman–Crippen MR) is 106 cm³/mol. The Balaban J connectivity index is 1.99. The molecule has 0 aromatic heterocycles. The molecule has 0 amide bonds. The topological polar surface area (TPSA) is 28.0 Å². The lowest BCUT2D eigenvalue weighted by Gasteiger charge is -2.09. The van der Waals surface area contributed by atoms with Crippen LogP contribution in [0, 0.1) is 5.82 Å². The molecule has 2 aromatic rings. The summed E-state index contributed by atoms with van der Waals surface area (Å²) in [7, 11) is 4.09. The Morgan fingerprint density at radius 3 is 2.72 bits per heavy atom. The number of fused-ring (bicyclic) bond motifs is 1. The maximum absolute atomic E-state index is 14.3. The minimum absolute atomic E-state index is 0.295. The van der Waals surface area contributed by atoms with Crippen molar-refractivity contribution in [3.63, 3.8) is 0 Å². The first-order valence-electron chi connectivity index (χ1n) is 7.99. The summed E-state index contributed by atoms with van der Waals surface area (Å²) < 4.78 is 14.3. The van der Waals surface area contributed by atoms with Crippen molar-refractivity contribution in [2.24, 2.45) is 9.98 Å². The second-order valence-electron chi connectivity index (χ2n) is 5.96. The quantitative estimate of drug-likeness (QED) is 0.777. The summed E-state index contributed by atoms with van der Waals surface area (Å²) in [5, 5.41) is 1.51. The largest absolute Gasteiger partial charge is 0.309 e. The molecule has 0 spiro atoms. The number of aliphatic imine (C=N–C) groups is 2. The van der Waals surface area contributed by atoms with E-state index < -0.39 is 0 Å². The van der Waals surface area contributed by atoms with E-state index in [9.17, 15) is 4.39 Å². The standard InChI is InChI=1S/C19H19ClFN3S/c1-24(2)9-10-25-18-12-22-19(14-5-3-4-6-16(14)21)15-11-13(20)7-8-17(15)23-18/h3-8,11H,9-10,12H2,1-2H3. The maximum atomic E-state index is 14.3. The zero-order chi connectivity index (χ0) is 17.8. The van der Waals surface area contributed by atoms with Gasteiger partial charge in [-0.2, -0.15) is 0 Å². The number of halogens is 2. The summed E-state index contributed by atoms with van der Waals surface area (Å²) in [5.41, 5.74) is 2.61.